The fraction of sp³-hybridized carbons (Fsp3) is 0.333. The molecule has 0 saturated carbocycles. The minimum atomic E-state index is -0.488. The van der Waals surface area contributed by atoms with Gasteiger partial charge in [-0.05, 0) is 18.1 Å². The van der Waals surface area contributed by atoms with Crippen molar-refractivity contribution in [1.29, 1.82) is 0 Å². The Hall–Kier alpha value is -2.15. The molecular formula is C12H13ClN4O3. The molecule has 0 aliphatic rings. The van der Waals surface area contributed by atoms with Crippen LogP contribution in [0.2, 0.25) is 5.02 Å². The maximum Gasteiger partial charge on any atom is 0.315 e. The molecule has 106 valence electrons. The summed E-state index contributed by atoms with van der Waals surface area (Å²) in [5.41, 5.74) is 0.675. The summed E-state index contributed by atoms with van der Waals surface area (Å²) in [5.74, 6) is 0.574. The van der Waals surface area contributed by atoms with E-state index in [1.165, 1.54) is 12.1 Å². The first-order valence-corrected chi connectivity index (χ1v) is 6.47. The van der Waals surface area contributed by atoms with E-state index in [-0.39, 0.29) is 5.69 Å². The van der Waals surface area contributed by atoms with Crippen LogP contribution in [0, 0.1) is 10.1 Å². The SMILES string of the molecule is CCCc1nnc(NCc2ccc([N+](=O)[O-])cc2Cl)o1. The Morgan fingerprint density at radius 2 is 2.25 bits per heavy atom. The largest absolute Gasteiger partial charge is 0.408 e. The van der Waals surface area contributed by atoms with Gasteiger partial charge >= 0.3 is 6.01 Å². The highest BCUT2D eigenvalue weighted by molar-refractivity contribution is 6.31. The average Bonchev–Trinajstić information content (AvgIpc) is 2.85. The van der Waals surface area contributed by atoms with Crippen LogP contribution in [0.4, 0.5) is 11.7 Å². The van der Waals surface area contributed by atoms with Gasteiger partial charge in [0.2, 0.25) is 5.89 Å². The van der Waals surface area contributed by atoms with Crippen LogP contribution >= 0.6 is 11.6 Å². The third kappa shape index (κ3) is 3.45. The van der Waals surface area contributed by atoms with Crippen molar-refractivity contribution in [2.75, 3.05) is 5.32 Å². The summed E-state index contributed by atoms with van der Waals surface area (Å²) in [6, 6.07) is 4.62. The Morgan fingerprint density at radius 1 is 1.45 bits per heavy atom. The van der Waals surface area contributed by atoms with E-state index in [4.69, 9.17) is 16.0 Å². The Bertz CT molecular complexity index is 614. The summed E-state index contributed by atoms with van der Waals surface area (Å²) in [5, 5.41) is 21.6. The van der Waals surface area contributed by atoms with Crippen LogP contribution in [-0.2, 0) is 13.0 Å². The second-order valence-electron chi connectivity index (χ2n) is 4.14. The van der Waals surface area contributed by atoms with Crippen molar-refractivity contribution in [1.82, 2.24) is 10.2 Å². The van der Waals surface area contributed by atoms with Crippen LogP contribution in [0.1, 0.15) is 24.8 Å². The molecule has 0 saturated heterocycles. The lowest BCUT2D eigenvalue weighted by Crippen LogP contribution is -2.01. The number of aryl methyl sites for hydroxylation is 1. The molecule has 1 heterocycles. The maximum absolute atomic E-state index is 10.6. The fourth-order valence-corrected chi connectivity index (χ4v) is 1.85. The lowest BCUT2D eigenvalue weighted by atomic mass is 10.2. The minimum Gasteiger partial charge on any atom is -0.408 e. The Morgan fingerprint density at radius 3 is 2.90 bits per heavy atom. The highest BCUT2D eigenvalue weighted by Gasteiger charge is 2.10. The molecule has 1 aromatic heterocycles. The molecule has 8 heteroatoms. The number of hydrogen-bond donors (Lipinski definition) is 1. The highest BCUT2D eigenvalue weighted by Crippen LogP contribution is 2.23. The van der Waals surface area contributed by atoms with E-state index >= 15 is 0 Å². The number of benzene rings is 1. The number of hydrogen-bond acceptors (Lipinski definition) is 6. The molecule has 20 heavy (non-hydrogen) atoms. The smallest absolute Gasteiger partial charge is 0.315 e. The fourth-order valence-electron chi connectivity index (χ4n) is 1.60. The van der Waals surface area contributed by atoms with Gasteiger partial charge in [0.05, 0.1) is 9.95 Å². The molecule has 0 aliphatic heterocycles. The van der Waals surface area contributed by atoms with Gasteiger partial charge in [0.1, 0.15) is 0 Å². The predicted octanol–water partition coefficient (Wildman–Crippen LogP) is 3.20. The van der Waals surface area contributed by atoms with Crippen LogP contribution in [0.15, 0.2) is 22.6 Å². The van der Waals surface area contributed by atoms with Crippen molar-refractivity contribution in [2.24, 2.45) is 0 Å². The number of aromatic nitrogens is 2. The standard InChI is InChI=1S/C12H13ClN4O3/c1-2-3-11-15-16-12(20-11)14-7-8-4-5-9(17(18)19)6-10(8)13/h4-6H,2-3,7H2,1H3,(H,14,16). The summed E-state index contributed by atoms with van der Waals surface area (Å²) in [7, 11) is 0. The summed E-state index contributed by atoms with van der Waals surface area (Å²) in [6.07, 6.45) is 1.66. The predicted molar refractivity (Wildman–Crippen MR) is 73.7 cm³/mol. The molecular weight excluding hydrogens is 284 g/mol. The summed E-state index contributed by atoms with van der Waals surface area (Å²) < 4.78 is 5.36. The number of nitrogens with zero attached hydrogens (tertiary/aromatic N) is 3. The van der Waals surface area contributed by atoms with E-state index in [2.05, 4.69) is 15.5 Å². The normalized spacial score (nSPS) is 10.5. The maximum atomic E-state index is 10.6. The lowest BCUT2D eigenvalue weighted by molar-refractivity contribution is -0.384. The van der Waals surface area contributed by atoms with Crippen molar-refractivity contribution in [3.63, 3.8) is 0 Å². The molecule has 2 rings (SSSR count). The summed E-state index contributed by atoms with van der Waals surface area (Å²) in [6.45, 7) is 2.37. The third-order valence-electron chi connectivity index (χ3n) is 2.61. The van der Waals surface area contributed by atoms with Crippen LogP contribution in [-0.4, -0.2) is 15.1 Å². The molecule has 0 spiro atoms. The van der Waals surface area contributed by atoms with E-state index in [9.17, 15) is 10.1 Å². The van der Waals surface area contributed by atoms with Gasteiger partial charge in [0.15, 0.2) is 0 Å². The topological polar surface area (TPSA) is 94.1 Å². The molecule has 0 radical (unpaired) electrons. The first kappa shape index (κ1) is 14.3. The number of anilines is 1. The van der Waals surface area contributed by atoms with Gasteiger partial charge in [-0.1, -0.05) is 23.6 Å². The van der Waals surface area contributed by atoms with Crippen molar-refractivity contribution in [3.05, 3.63) is 44.8 Å². The quantitative estimate of drug-likeness (QED) is 0.650. The zero-order valence-electron chi connectivity index (χ0n) is 10.8. The Labute approximate surface area is 120 Å². The number of nitrogens with one attached hydrogen (secondary N) is 1. The molecule has 0 amide bonds. The Kier molecular flexibility index (Phi) is 4.52. The molecule has 2 aromatic rings. The third-order valence-corrected chi connectivity index (χ3v) is 2.96. The van der Waals surface area contributed by atoms with Gasteiger partial charge in [0.25, 0.3) is 5.69 Å². The molecule has 0 atom stereocenters. The number of nitro benzene ring substituents is 1. The summed E-state index contributed by atoms with van der Waals surface area (Å²) in [4.78, 5) is 10.1. The molecule has 0 aliphatic carbocycles. The first-order chi connectivity index (χ1) is 9.60. The highest BCUT2D eigenvalue weighted by atomic mass is 35.5. The zero-order valence-corrected chi connectivity index (χ0v) is 11.6. The van der Waals surface area contributed by atoms with E-state index in [1.807, 2.05) is 6.92 Å². The summed E-state index contributed by atoms with van der Waals surface area (Å²) >= 11 is 5.98. The van der Waals surface area contributed by atoms with E-state index < -0.39 is 4.92 Å². The number of halogens is 1. The molecule has 1 N–H and O–H groups in total. The van der Waals surface area contributed by atoms with E-state index in [1.54, 1.807) is 6.07 Å². The van der Waals surface area contributed by atoms with Gasteiger partial charge in [-0.2, -0.15) is 0 Å². The van der Waals surface area contributed by atoms with Gasteiger partial charge in [-0.3, -0.25) is 10.1 Å². The molecule has 7 nitrogen and oxygen atoms in total. The van der Waals surface area contributed by atoms with E-state index in [0.717, 1.165) is 12.8 Å². The van der Waals surface area contributed by atoms with Crippen LogP contribution in [0.5, 0.6) is 0 Å². The van der Waals surface area contributed by atoms with Crippen molar-refractivity contribution in [3.8, 4) is 0 Å². The molecule has 1 aromatic carbocycles. The zero-order chi connectivity index (χ0) is 14.5. The monoisotopic (exact) mass is 296 g/mol. The van der Waals surface area contributed by atoms with Crippen LogP contribution < -0.4 is 5.32 Å². The average molecular weight is 297 g/mol. The minimum absolute atomic E-state index is 0.0400. The second-order valence-corrected chi connectivity index (χ2v) is 4.54. The molecule has 0 fully saturated rings. The van der Waals surface area contributed by atoms with Crippen LogP contribution in [0.25, 0.3) is 0 Å². The van der Waals surface area contributed by atoms with Gasteiger partial charge < -0.3 is 9.73 Å². The van der Waals surface area contributed by atoms with Crippen molar-refractivity contribution in [2.45, 2.75) is 26.3 Å². The molecule has 0 unspecified atom stereocenters. The Balaban J connectivity index is 2.01. The second kappa shape index (κ2) is 6.33. The van der Waals surface area contributed by atoms with Gasteiger partial charge in [0, 0.05) is 25.1 Å². The van der Waals surface area contributed by atoms with E-state index in [0.29, 0.717) is 29.0 Å². The van der Waals surface area contributed by atoms with Crippen LogP contribution in [0.3, 0.4) is 0 Å². The van der Waals surface area contributed by atoms with Crippen molar-refractivity contribution < 1.29 is 9.34 Å². The molecule has 0 bridgehead atoms. The first-order valence-electron chi connectivity index (χ1n) is 6.09. The van der Waals surface area contributed by atoms with Gasteiger partial charge in [-0.15, -0.1) is 5.10 Å². The van der Waals surface area contributed by atoms with Gasteiger partial charge in [-0.25, -0.2) is 0 Å². The number of nitro groups is 1. The van der Waals surface area contributed by atoms with Crippen molar-refractivity contribution >= 4 is 23.3 Å². The number of rotatable bonds is 6. The number of non-ortho nitro benzene ring substituents is 1. The lowest BCUT2D eigenvalue weighted by Gasteiger charge is -2.04.